The van der Waals surface area contributed by atoms with Gasteiger partial charge in [0.1, 0.15) is 10.5 Å². The summed E-state index contributed by atoms with van der Waals surface area (Å²) in [6, 6.07) is 14.0. The van der Waals surface area contributed by atoms with Crippen LogP contribution in [-0.2, 0) is 11.3 Å². The van der Waals surface area contributed by atoms with E-state index in [4.69, 9.17) is 0 Å². The van der Waals surface area contributed by atoms with E-state index in [-0.39, 0.29) is 23.7 Å². The van der Waals surface area contributed by atoms with Gasteiger partial charge in [-0.05, 0) is 41.8 Å². The third-order valence-corrected chi connectivity index (χ3v) is 5.69. The van der Waals surface area contributed by atoms with Crippen LogP contribution in [0.1, 0.15) is 37.5 Å². The van der Waals surface area contributed by atoms with Crippen LogP contribution in [0.2, 0.25) is 0 Å². The van der Waals surface area contributed by atoms with Crippen LogP contribution >= 0.6 is 11.3 Å². The van der Waals surface area contributed by atoms with E-state index in [1.807, 2.05) is 58.0 Å². The summed E-state index contributed by atoms with van der Waals surface area (Å²) in [5, 5.41) is 0. The molecule has 3 rings (SSSR count). The van der Waals surface area contributed by atoms with Gasteiger partial charge in [-0.3, -0.25) is 14.2 Å². The zero-order chi connectivity index (χ0) is 21.2. The van der Waals surface area contributed by atoms with Gasteiger partial charge in [0, 0.05) is 11.5 Å². The number of nitrogens with zero attached hydrogens (tertiary/aromatic N) is 1. The van der Waals surface area contributed by atoms with Crippen molar-refractivity contribution in [2.24, 2.45) is 5.41 Å². The minimum absolute atomic E-state index is 0.0609. The van der Waals surface area contributed by atoms with E-state index in [0.717, 1.165) is 11.1 Å². The molecular formula is C24H24FNO2S. The standard InChI is InChI=1S/C24H24FNO2S/c1-16-8-5-6-10-18(16)13-20-23(28)26(15-17-9-7-11-19(25)12-17)22(29-20)14-21(27)24(2,3)4/h5-14H,15H2,1-4H3/b20-13-,22-14-. The van der Waals surface area contributed by atoms with Gasteiger partial charge in [-0.2, -0.15) is 0 Å². The molecule has 0 N–H and O–H groups in total. The number of hydrogen-bond acceptors (Lipinski definition) is 3. The highest BCUT2D eigenvalue weighted by molar-refractivity contribution is 7.07. The number of Topliss-reactive ketones (excluding diaryl/α,β-unsaturated/α-hetero) is 1. The number of aryl methyl sites for hydroxylation is 1. The van der Waals surface area contributed by atoms with Crippen LogP contribution in [0.3, 0.4) is 0 Å². The molecule has 3 nitrogen and oxygen atoms in total. The van der Waals surface area contributed by atoms with Crippen LogP contribution in [0.4, 0.5) is 4.39 Å². The van der Waals surface area contributed by atoms with E-state index in [2.05, 4.69) is 0 Å². The van der Waals surface area contributed by atoms with Gasteiger partial charge in [0.2, 0.25) is 0 Å². The first-order valence-corrected chi connectivity index (χ1v) is 10.2. The first-order valence-electron chi connectivity index (χ1n) is 9.43. The number of benzene rings is 2. The maximum absolute atomic E-state index is 13.6. The molecule has 0 bridgehead atoms. The average molecular weight is 410 g/mol. The number of carbonyl (C=O) groups is 1. The Balaban J connectivity index is 2.21. The summed E-state index contributed by atoms with van der Waals surface area (Å²) in [7, 11) is 0. The zero-order valence-corrected chi connectivity index (χ0v) is 17.8. The fourth-order valence-corrected chi connectivity index (χ4v) is 3.86. The van der Waals surface area contributed by atoms with Crippen molar-refractivity contribution in [3.05, 3.63) is 90.6 Å². The minimum Gasteiger partial charge on any atom is -0.294 e. The summed E-state index contributed by atoms with van der Waals surface area (Å²) in [5.41, 5.74) is 1.95. The topological polar surface area (TPSA) is 39.1 Å². The molecule has 0 unspecified atom stereocenters. The van der Waals surface area contributed by atoms with Crippen LogP contribution in [0, 0.1) is 18.2 Å². The molecule has 29 heavy (non-hydrogen) atoms. The van der Waals surface area contributed by atoms with Crippen LogP contribution < -0.4 is 14.8 Å². The second-order valence-electron chi connectivity index (χ2n) is 8.09. The summed E-state index contributed by atoms with van der Waals surface area (Å²) < 4.78 is 16.3. The molecule has 0 saturated carbocycles. The van der Waals surface area contributed by atoms with E-state index < -0.39 is 5.41 Å². The lowest BCUT2D eigenvalue weighted by atomic mass is 9.91. The van der Waals surface area contributed by atoms with Crippen LogP contribution in [0.5, 0.6) is 0 Å². The fourth-order valence-electron chi connectivity index (χ4n) is 2.83. The van der Waals surface area contributed by atoms with E-state index >= 15 is 0 Å². The zero-order valence-electron chi connectivity index (χ0n) is 17.0. The number of halogens is 1. The SMILES string of the molecule is Cc1ccccc1/C=c1\s/c(=C\C(=O)C(C)(C)C)n(Cc2cccc(F)c2)c1=O. The Hall–Kier alpha value is -2.79. The first-order chi connectivity index (χ1) is 13.6. The van der Waals surface area contributed by atoms with Crippen LogP contribution in [-0.4, -0.2) is 10.4 Å². The molecule has 5 heteroatoms. The second kappa shape index (κ2) is 8.29. The van der Waals surface area contributed by atoms with Gasteiger partial charge in [-0.1, -0.05) is 57.2 Å². The molecule has 0 saturated heterocycles. The Morgan fingerprint density at radius 1 is 1.14 bits per heavy atom. The van der Waals surface area contributed by atoms with E-state index in [9.17, 15) is 14.0 Å². The van der Waals surface area contributed by atoms with E-state index in [1.165, 1.54) is 29.5 Å². The van der Waals surface area contributed by atoms with Crippen molar-refractivity contribution in [3.63, 3.8) is 0 Å². The highest BCUT2D eigenvalue weighted by atomic mass is 32.1. The molecule has 0 radical (unpaired) electrons. The molecule has 1 aromatic heterocycles. The van der Waals surface area contributed by atoms with Gasteiger partial charge >= 0.3 is 0 Å². The monoisotopic (exact) mass is 409 g/mol. The molecule has 3 aromatic rings. The predicted molar refractivity (Wildman–Crippen MR) is 117 cm³/mol. The van der Waals surface area contributed by atoms with Gasteiger partial charge in [-0.25, -0.2) is 4.39 Å². The van der Waals surface area contributed by atoms with Crippen molar-refractivity contribution >= 4 is 29.3 Å². The van der Waals surface area contributed by atoms with Crippen LogP contribution in [0.15, 0.2) is 53.3 Å². The maximum Gasteiger partial charge on any atom is 0.269 e. The van der Waals surface area contributed by atoms with Crippen molar-refractivity contribution in [1.29, 1.82) is 0 Å². The number of aromatic nitrogens is 1. The van der Waals surface area contributed by atoms with Gasteiger partial charge in [0.25, 0.3) is 5.56 Å². The lowest BCUT2D eigenvalue weighted by molar-refractivity contribution is -0.120. The lowest BCUT2D eigenvalue weighted by Gasteiger charge is -2.13. The molecule has 0 aliphatic heterocycles. The Morgan fingerprint density at radius 2 is 1.86 bits per heavy atom. The molecular weight excluding hydrogens is 385 g/mol. The second-order valence-corrected chi connectivity index (χ2v) is 9.15. The molecule has 0 atom stereocenters. The summed E-state index contributed by atoms with van der Waals surface area (Å²) >= 11 is 1.28. The number of thiazole rings is 1. The quantitative estimate of drug-likeness (QED) is 0.660. The van der Waals surface area contributed by atoms with E-state index in [0.29, 0.717) is 14.8 Å². The Morgan fingerprint density at radius 3 is 2.52 bits per heavy atom. The summed E-state index contributed by atoms with van der Waals surface area (Å²) in [5.74, 6) is -0.414. The predicted octanol–water partition coefficient (Wildman–Crippen LogP) is 3.63. The van der Waals surface area contributed by atoms with Crippen molar-refractivity contribution in [3.8, 4) is 0 Å². The van der Waals surface area contributed by atoms with Gasteiger partial charge < -0.3 is 0 Å². The molecule has 0 aliphatic carbocycles. The van der Waals surface area contributed by atoms with Gasteiger partial charge in [-0.15, -0.1) is 11.3 Å². The Labute approximate surface area is 173 Å². The average Bonchev–Trinajstić information content (AvgIpc) is 2.92. The van der Waals surface area contributed by atoms with Crippen molar-refractivity contribution in [1.82, 2.24) is 4.57 Å². The molecule has 2 aromatic carbocycles. The number of hydrogen-bond donors (Lipinski definition) is 0. The number of carbonyl (C=O) groups excluding carboxylic acids is 1. The van der Waals surface area contributed by atoms with Gasteiger partial charge in [0.15, 0.2) is 5.78 Å². The number of rotatable bonds is 4. The Kier molecular flexibility index (Phi) is 5.99. The summed E-state index contributed by atoms with van der Waals surface area (Å²) in [4.78, 5) is 25.7. The molecule has 1 heterocycles. The van der Waals surface area contributed by atoms with Crippen molar-refractivity contribution in [2.75, 3.05) is 0 Å². The molecule has 0 aliphatic rings. The third-order valence-electron chi connectivity index (χ3n) is 4.64. The first kappa shape index (κ1) is 20.9. The summed E-state index contributed by atoms with van der Waals surface area (Å²) in [6.07, 6.45) is 3.38. The maximum atomic E-state index is 13.6. The summed E-state index contributed by atoms with van der Waals surface area (Å²) in [6.45, 7) is 7.72. The number of ketones is 1. The lowest BCUT2D eigenvalue weighted by Crippen LogP contribution is -2.33. The van der Waals surface area contributed by atoms with E-state index in [1.54, 1.807) is 16.7 Å². The van der Waals surface area contributed by atoms with Crippen molar-refractivity contribution < 1.29 is 9.18 Å². The normalized spacial score (nSPS) is 13.1. The minimum atomic E-state index is -0.552. The smallest absolute Gasteiger partial charge is 0.269 e. The van der Waals surface area contributed by atoms with Gasteiger partial charge in [0.05, 0.1) is 11.1 Å². The van der Waals surface area contributed by atoms with Crippen LogP contribution in [0.25, 0.3) is 12.2 Å². The molecule has 0 spiro atoms. The molecule has 150 valence electrons. The fraction of sp³-hybridized carbons (Fsp3) is 0.250. The highest BCUT2D eigenvalue weighted by Crippen LogP contribution is 2.15. The molecule has 0 fully saturated rings. The third kappa shape index (κ3) is 4.98. The Bertz CT molecular complexity index is 1230. The highest BCUT2D eigenvalue weighted by Gasteiger charge is 2.19. The largest absolute Gasteiger partial charge is 0.294 e. The molecule has 0 amide bonds. The van der Waals surface area contributed by atoms with Crippen molar-refractivity contribution in [2.45, 2.75) is 34.2 Å².